The van der Waals surface area contributed by atoms with E-state index in [4.69, 9.17) is 0 Å². The molecule has 0 heterocycles. The van der Waals surface area contributed by atoms with E-state index in [2.05, 4.69) is 74.5 Å². The van der Waals surface area contributed by atoms with Crippen LogP contribution in [0, 0.1) is 0 Å². The summed E-state index contributed by atoms with van der Waals surface area (Å²) >= 11 is -1.97. The molecule has 2 aromatic rings. The average Bonchev–Trinajstić information content (AvgIpc) is 3.15. The van der Waals surface area contributed by atoms with Crippen LogP contribution in [0.2, 0.25) is 3.67 Å². The summed E-state index contributed by atoms with van der Waals surface area (Å²) in [5.74, 6) is 0. The topological polar surface area (TPSA) is 0 Å². The Bertz CT molecular complexity index is 780. The third-order valence-electron chi connectivity index (χ3n) is 4.84. The first-order chi connectivity index (χ1) is 10.8. The van der Waals surface area contributed by atoms with Crippen molar-refractivity contribution in [2.75, 3.05) is 0 Å². The van der Waals surface area contributed by atoms with E-state index >= 15 is 0 Å². The molecule has 0 atom stereocenters. The van der Waals surface area contributed by atoms with Gasteiger partial charge in [0, 0.05) is 0 Å². The first kappa shape index (κ1) is 14.4. The predicted octanol–water partition coefficient (Wildman–Crippen LogP) is 5.17. The quantitative estimate of drug-likeness (QED) is 0.482. The summed E-state index contributed by atoms with van der Waals surface area (Å²) in [4.78, 5) is 0. The minimum atomic E-state index is -1.97. The molecule has 4 rings (SSSR count). The van der Waals surface area contributed by atoms with E-state index < -0.39 is 21.4 Å². The molecule has 2 aromatic carbocycles. The molecule has 0 bridgehead atoms. The second-order valence-electron chi connectivity index (χ2n) is 6.56. The molecule has 1 heteroatoms. The van der Waals surface area contributed by atoms with Crippen molar-refractivity contribution in [3.05, 3.63) is 75.1 Å². The van der Waals surface area contributed by atoms with Crippen LogP contribution in [0.15, 0.2) is 64.0 Å². The molecule has 0 radical (unpaired) electrons. The van der Waals surface area contributed by atoms with Crippen LogP contribution in [-0.2, 0) is 27.9 Å². The van der Waals surface area contributed by atoms with Crippen molar-refractivity contribution in [2.24, 2.45) is 0 Å². The Labute approximate surface area is 141 Å². The number of hydrogen-bond acceptors (Lipinski definition) is 0. The number of hydrogen-bond donors (Lipinski definition) is 0. The number of benzene rings is 2. The van der Waals surface area contributed by atoms with Crippen molar-refractivity contribution in [2.45, 2.75) is 30.4 Å². The van der Waals surface area contributed by atoms with Gasteiger partial charge in [-0.15, -0.1) is 0 Å². The van der Waals surface area contributed by atoms with E-state index in [0.717, 1.165) is 10.1 Å². The zero-order valence-corrected chi connectivity index (χ0v) is 16.9. The molecule has 0 aliphatic heterocycles. The van der Waals surface area contributed by atoms with Crippen LogP contribution >= 0.6 is 0 Å². The Morgan fingerprint density at radius 3 is 2.55 bits per heavy atom. The van der Waals surface area contributed by atoms with Gasteiger partial charge in [0.2, 0.25) is 0 Å². The summed E-state index contributed by atoms with van der Waals surface area (Å²) in [6.07, 6.45) is 9.37. The minimum absolute atomic E-state index is 0.839. The first-order valence-electron chi connectivity index (χ1n) is 8.19. The molecule has 0 unspecified atom stereocenters. The van der Waals surface area contributed by atoms with Gasteiger partial charge >= 0.3 is 141 Å². The standard InChI is InChI=1S/C13H9.C5H5.C3H7.Hf/c1-3-7-12-10(5-1)9-11-6-2-4-8-13(11)12;1-2-4-5-3-1;1-3-2;/h1-5,7-8H,9H2;1-3H,4H2;3H,1-2H3;. The summed E-state index contributed by atoms with van der Waals surface area (Å²) in [5.41, 5.74) is 6.13. The fourth-order valence-corrected chi connectivity index (χ4v) is 15.2. The molecule has 0 spiro atoms. The van der Waals surface area contributed by atoms with E-state index in [1.165, 1.54) is 23.1 Å². The summed E-state index contributed by atoms with van der Waals surface area (Å²) in [6, 6.07) is 16.0. The van der Waals surface area contributed by atoms with Crippen LogP contribution in [0.5, 0.6) is 0 Å². The molecule has 22 heavy (non-hydrogen) atoms. The van der Waals surface area contributed by atoms with Gasteiger partial charge in [-0.1, -0.05) is 0 Å². The van der Waals surface area contributed by atoms with Crippen LogP contribution in [0.1, 0.15) is 31.4 Å². The molecular weight excluding hydrogens is 431 g/mol. The van der Waals surface area contributed by atoms with Gasteiger partial charge in [0.25, 0.3) is 0 Å². The maximum atomic E-state index is 2.45. The Morgan fingerprint density at radius 2 is 1.77 bits per heavy atom. The van der Waals surface area contributed by atoms with E-state index in [-0.39, 0.29) is 0 Å². The molecule has 0 N–H and O–H groups in total. The maximum absolute atomic E-state index is 2.45. The second kappa shape index (κ2) is 5.77. The van der Waals surface area contributed by atoms with Crippen molar-refractivity contribution in [3.63, 3.8) is 0 Å². The molecule has 0 saturated carbocycles. The fourth-order valence-electron chi connectivity index (χ4n) is 3.91. The Balaban J connectivity index is 1.84. The van der Waals surface area contributed by atoms with Gasteiger partial charge in [0.15, 0.2) is 0 Å². The average molecular weight is 452 g/mol. The van der Waals surface area contributed by atoms with E-state index in [1.54, 1.807) is 12.2 Å². The van der Waals surface area contributed by atoms with Crippen molar-refractivity contribution in [1.29, 1.82) is 0 Å². The number of allylic oxidation sites excluding steroid dienone is 4. The van der Waals surface area contributed by atoms with Gasteiger partial charge in [-0.25, -0.2) is 0 Å². The van der Waals surface area contributed by atoms with Crippen molar-refractivity contribution in [3.8, 4) is 11.1 Å². The normalized spacial score (nSPS) is 15.0. The van der Waals surface area contributed by atoms with Crippen LogP contribution in [-0.4, -0.2) is 0 Å². The second-order valence-corrected chi connectivity index (χ2v) is 17.9. The Kier molecular flexibility index (Phi) is 3.78. The number of rotatable bonds is 3. The van der Waals surface area contributed by atoms with Gasteiger partial charge in [0.1, 0.15) is 0 Å². The van der Waals surface area contributed by atoms with Gasteiger partial charge in [0.05, 0.1) is 0 Å². The molecule has 0 saturated heterocycles. The van der Waals surface area contributed by atoms with Gasteiger partial charge < -0.3 is 0 Å². The molecule has 0 fully saturated rings. The zero-order valence-electron chi connectivity index (χ0n) is 13.3. The van der Waals surface area contributed by atoms with Crippen molar-refractivity contribution in [1.82, 2.24) is 0 Å². The van der Waals surface area contributed by atoms with Crippen LogP contribution in [0.25, 0.3) is 11.1 Å². The number of fused-ring (bicyclic) bond motifs is 3. The van der Waals surface area contributed by atoms with E-state index in [1.807, 2.05) is 0 Å². The molecule has 109 valence electrons. The van der Waals surface area contributed by atoms with Crippen molar-refractivity contribution < 1.29 is 21.4 Å². The molecular formula is C21H21Hf. The summed E-state index contributed by atoms with van der Waals surface area (Å²) in [6.45, 7) is 4.89. The van der Waals surface area contributed by atoms with Gasteiger partial charge in [-0.3, -0.25) is 0 Å². The predicted molar refractivity (Wildman–Crippen MR) is 91.3 cm³/mol. The zero-order chi connectivity index (χ0) is 15.1. The molecule has 2 aliphatic rings. The fraction of sp³-hybridized carbons (Fsp3) is 0.238. The van der Waals surface area contributed by atoms with E-state index in [9.17, 15) is 0 Å². The summed E-state index contributed by atoms with van der Waals surface area (Å²) in [5, 5.41) is 0. The first-order valence-corrected chi connectivity index (χ1v) is 13.9. The third kappa shape index (κ3) is 2.31. The summed E-state index contributed by atoms with van der Waals surface area (Å²) < 4.78 is 4.37. The molecule has 0 nitrogen and oxygen atoms in total. The molecule has 2 aliphatic carbocycles. The summed E-state index contributed by atoms with van der Waals surface area (Å²) in [7, 11) is 0. The van der Waals surface area contributed by atoms with Crippen molar-refractivity contribution >= 4 is 3.32 Å². The monoisotopic (exact) mass is 453 g/mol. The van der Waals surface area contributed by atoms with Gasteiger partial charge in [-0.05, 0) is 0 Å². The molecule has 0 amide bonds. The van der Waals surface area contributed by atoms with Gasteiger partial charge in [-0.2, -0.15) is 0 Å². The Morgan fingerprint density at radius 1 is 0.955 bits per heavy atom. The molecule has 0 aromatic heterocycles. The third-order valence-corrected chi connectivity index (χ3v) is 16.6. The Hall–Kier alpha value is -1.21. The SMILES string of the molecule is C[CH](C)[Hf]([C]1=CC=CC1)[c]1cccc2c1Cc1ccccc1-2. The van der Waals surface area contributed by atoms with Crippen LogP contribution in [0.3, 0.4) is 0 Å². The van der Waals surface area contributed by atoms with Crippen LogP contribution in [0.4, 0.5) is 0 Å². The van der Waals surface area contributed by atoms with Crippen LogP contribution < -0.4 is 3.32 Å². The van der Waals surface area contributed by atoms with E-state index in [0.29, 0.717) is 0 Å².